The molecule has 242 valence electrons. The first kappa shape index (κ1) is 20.9. The van der Waals surface area contributed by atoms with E-state index in [1.165, 1.54) is 0 Å². The third kappa shape index (κ3) is 4.43. The summed E-state index contributed by atoms with van der Waals surface area (Å²) < 4.78 is 92.3. The molecule has 0 aliphatic carbocycles. The van der Waals surface area contributed by atoms with Gasteiger partial charge in [0.05, 0.1) is 24.7 Å². The molecule has 0 bridgehead atoms. The average Bonchev–Trinajstić information content (AvgIpc) is 3.88. The summed E-state index contributed by atoms with van der Waals surface area (Å²) in [4.78, 5) is 15.1. The lowest BCUT2D eigenvalue weighted by Gasteiger charge is -2.13. The molecule has 0 amide bonds. The van der Waals surface area contributed by atoms with Crippen LogP contribution < -0.4 is 0 Å². The minimum absolute atomic E-state index is 0.00439. The minimum atomic E-state index is -0.564. The lowest BCUT2D eigenvalue weighted by atomic mass is 9.99. The van der Waals surface area contributed by atoms with Gasteiger partial charge in [-0.05, 0) is 52.5 Å². The maximum atomic E-state index is 9.39. The molecular weight excluding hydrogens is 653 g/mol. The number of fused-ring (bicyclic) bond motifs is 10. The van der Waals surface area contributed by atoms with Crippen LogP contribution in [0.3, 0.4) is 0 Å². The van der Waals surface area contributed by atoms with Gasteiger partial charge >= 0.3 is 0 Å². The number of thiophene rings is 1. The summed E-state index contributed by atoms with van der Waals surface area (Å²) >= 11 is 1.58. The Kier molecular flexibility index (Phi) is 4.58. The average molecular weight is 691 g/mol. The summed E-state index contributed by atoms with van der Waals surface area (Å²) in [6.07, 6.45) is 0. The second kappa shape index (κ2) is 11.4. The highest BCUT2D eigenvalue weighted by Gasteiger charge is 2.21. The molecule has 3 heterocycles. The topological polar surface area (TPSA) is 43.6 Å². The molecule has 0 fully saturated rings. The summed E-state index contributed by atoms with van der Waals surface area (Å²) in [7, 11) is 0. The Hall–Kier alpha value is -6.69. The monoisotopic (exact) mass is 690 g/mol. The van der Waals surface area contributed by atoms with E-state index in [1.54, 1.807) is 22.0 Å². The van der Waals surface area contributed by atoms with E-state index in [0.29, 0.717) is 23.2 Å². The van der Waals surface area contributed by atoms with E-state index in [2.05, 4.69) is 12.1 Å². The van der Waals surface area contributed by atoms with Crippen LogP contribution in [0.2, 0.25) is 0 Å². The first-order valence-corrected chi connectivity index (χ1v) is 17.5. The largest absolute Gasteiger partial charge is 0.309 e. The van der Waals surface area contributed by atoms with Crippen LogP contribution in [0.4, 0.5) is 0 Å². The van der Waals surface area contributed by atoms with Crippen molar-refractivity contribution in [3.63, 3.8) is 0 Å². The Morgan fingerprint density at radius 1 is 0.481 bits per heavy atom. The Morgan fingerprint density at radius 3 is 1.94 bits per heavy atom. The number of aromatic nitrogens is 4. The summed E-state index contributed by atoms with van der Waals surface area (Å²) in [5.74, 6) is 1.52. The molecule has 0 saturated heterocycles. The Labute approximate surface area is 317 Å². The Balaban J connectivity index is 1.26. The van der Waals surface area contributed by atoms with Crippen molar-refractivity contribution in [2.75, 3.05) is 0 Å². The van der Waals surface area contributed by atoms with Crippen LogP contribution in [0.25, 0.3) is 103 Å². The van der Waals surface area contributed by atoms with Gasteiger partial charge in [0.1, 0.15) is 0 Å². The van der Waals surface area contributed by atoms with Crippen molar-refractivity contribution in [3.8, 4) is 39.9 Å². The molecule has 0 N–H and O–H groups in total. The van der Waals surface area contributed by atoms with E-state index in [4.69, 9.17) is 25.9 Å². The molecule has 4 nitrogen and oxygen atoms in total. The van der Waals surface area contributed by atoms with Gasteiger partial charge in [-0.25, -0.2) is 15.0 Å². The van der Waals surface area contributed by atoms with Gasteiger partial charge < -0.3 is 4.57 Å². The number of benzene rings is 8. The first-order chi connectivity index (χ1) is 29.9. The van der Waals surface area contributed by atoms with Crippen molar-refractivity contribution in [3.05, 3.63) is 170 Å². The molecule has 5 heteroatoms. The van der Waals surface area contributed by atoms with E-state index >= 15 is 0 Å². The van der Waals surface area contributed by atoms with Crippen LogP contribution in [0.1, 0.15) is 13.7 Å². The van der Waals surface area contributed by atoms with Gasteiger partial charge in [0.15, 0.2) is 17.5 Å². The van der Waals surface area contributed by atoms with Crippen LogP contribution in [0.15, 0.2) is 170 Å². The molecule has 11 aromatic rings. The molecule has 8 aromatic carbocycles. The van der Waals surface area contributed by atoms with Crippen molar-refractivity contribution < 1.29 is 13.7 Å². The molecule has 0 spiro atoms. The number of hydrogen-bond donors (Lipinski definition) is 0. The van der Waals surface area contributed by atoms with Crippen molar-refractivity contribution in [2.24, 2.45) is 0 Å². The number of para-hydroxylation sites is 1. The molecule has 0 atom stereocenters. The number of hydrogen-bond acceptors (Lipinski definition) is 4. The molecule has 11 rings (SSSR count). The molecular formula is C47H28N4S. The highest BCUT2D eigenvalue weighted by molar-refractivity contribution is 7.26. The van der Waals surface area contributed by atoms with Crippen molar-refractivity contribution in [2.45, 2.75) is 0 Å². The van der Waals surface area contributed by atoms with E-state index < -0.39 is 54.4 Å². The van der Waals surface area contributed by atoms with Gasteiger partial charge in [0.2, 0.25) is 0 Å². The Bertz CT molecular complexity index is 3700. The van der Waals surface area contributed by atoms with E-state index in [0.717, 1.165) is 47.6 Å². The number of nitrogens with zero attached hydrogens (tertiary/aromatic N) is 4. The fourth-order valence-corrected chi connectivity index (χ4v) is 8.43. The quantitative estimate of drug-likeness (QED) is 0.185. The van der Waals surface area contributed by atoms with Gasteiger partial charge in [0, 0.05) is 58.7 Å². The fourth-order valence-electron chi connectivity index (χ4n) is 7.17. The highest BCUT2D eigenvalue weighted by atomic mass is 32.1. The zero-order valence-corrected chi connectivity index (χ0v) is 27.9. The second-order valence-electron chi connectivity index (χ2n) is 12.5. The normalized spacial score (nSPS) is 14.5. The summed E-state index contributed by atoms with van der Waals surface area (Å²) in [6, 6.07) is 30.5. The maximum Gasteiger partial charge on any atom is 0.164 e. The van der Waals surface area contributed by atoms with Crippen LogP contribution in [-0.2, 0) is 0 Å². The number of rotatable bonds is 4. The van der Waals surface area contributed by atoms with Gasteiger partial charge in [-0.15, -0.1) is 11.3 Å². The lowest BCUT2D eigenvalue weighted by Crippen LogP contribution is -2.00. The van der Waals surface area contributed by atoms with Gasteiger partial charge in [0.25, 0.3) is 0 Å². The zero-order chi connectivity index (χ0) is 42.9. The van der Waals surface area contributed by atoms with Crippen LogP contribution >= 0.6 is 11.3 Å². The predicted molar refractivity (Wildman–Crippen MR) is 218 cm³/mol. The van der Waals surface area contributed by atoms with E-state index in [9.17, 15) is 2.74 Å². The smallest absolute Gasteiger partial charge is 0.164 e. The standard InChI is InChI=1S/C47H28N4S/c1-3-14-30(15-4-1)45-48-46(31-16-5-2-6-17-31)50-47(49-45)38-27-32-23-25-33(28-37(32)44-43(38)36-20-10-12-22-41(36)52-44)51-39-21-11-9-19-35(39)42-34-18-8-7-13-29(34)24-26-40(42)51/h1-28H/i7D,8D,9D,11D,13D,18D,19D,21D,24D,26D. The maximum absolute atomic E-state index is 9.39. The third-order valence-corrected chi connectivity index (χ3v) is 10.7. The molecule has 0 aliphatic rings. The molecule has 52 heavy (non-hydrogen) atoms. The van der Waals surface area contributed by atoms with Gasteiger partial charge in [-0.1, -0.05) is 133 Å². The summed E-state index contributed by atoms with van der Waals surface area (Å²) in [5, 5.41) is 3.28. The molecule has 0 aliphatic heterocycles. The van der Waals surface area contributed by atoms with Crippen LogP contribution in [-0.4, -0.2) is 19.5 Å². The second-order valence-corrected chi connectivity index (χ2v) is 13.5. The molecule has 0 saturated carbocycles. The van der Waals surface area contributed by atoms with Crippen molar-refractivity contribution in [1.29, 1.82) is 0 Å². The molecule has 3 aromatic heterocycles. The summed E-state index contributed by atoms with van der Waals surface area (Å²) in [5.41, 5.74) is 2.94. The predicted octanol–water partition coefficient (Wildman–Crippen LogP) is 12.6. The van der Waals surface area contributed by atoms with Gasteiger partial charge in [-0.3, -0.25) is 0 Å². The van der Waals surface area contributed by atoms with Crippen molar-refractivity contribution in [1.82, 2.24) is 19.5 Å². The zero-order valence-electron chi connectivity index (χ0n) is 37.1. The fraction of sp³-hybridized carbons (Fsp3) is 0. The first-order valence-electron chi connectivity index (χ1n) is 21.6. The van der Waals surface area contributed by atoms with Gasteiger partial charge in [-0.2, -0.15) is 0 Å². The minimum Gasteiger partial charge on any atom is -0.309 e. The molecule has 0 unspecified atom stereocenters. The van der Waals surface area contributed by atoms with Crippen molar-refractivity contribution >= 4 is 74.9 Å². The van der Waals surface area contributed by atoms with E-state index in [1.807, 2.05) is 91.0 Å². The third-order valence-electron chi connectivity index (χ3n) is 9.49. The Morgan fingerprint density at radius 2 is 1.15 bits per heavy atom. The molecule has 0 radical (unpaired) electrons. The van der Waals surface area contributed by atoms with Crippen LogP contribution in [0, 0.1) is 0 Å². The highest BCUT2D eigenvalue weighted by Crippen LogP contribution is 2.45. The SMILES string of the molecule is [2H]c1c([2H])c([2H])c2c(c1[2H])c([2H])c([2H])c1c2c2c([2H])c([2H])c([2H])c([2H])c2n1-c1ccc2cc(-c3nc(-c4ccccc4)nc(-c4ccccc4)n3)c3c4ccccc4sc3c2c1. The lowest BCUT2D eigenvalue weighted by molar-refractivity contribution is 1.08. The summed E-state index contributed by atoms with van der Waals surface area (Å²) in [6.45, 7) is 0. The van der Waals surface area contributed by atoms with Crippen LogP contribution in [0.5, 0.6) is 0 Å². The van der Waals surface area contributed by atoms with E-state index in [-0.39, 0.29) is 38.6 Å².